The Labute approximate surface area is 262 Å². The molecule has 0 saturated carbocycles. The van der Waals surface area contributed by atoms with Gasteiger partial charge in [0.15, 0.2) is 0 Å². The molecule has 0 radical (unpaired) electrons. The van der Waals surface area contributed by atoms with E-state index in [0.717, 1.165) is 0 Å². The molecular weight excluding hydrogens is 543 g/mol. The van der Waals surface area contributed by atoms with E-state index < -0.39 is 0 Å². The lowest BCUT2D eigenvalue weighted by Crippen LogP contribution is -2.61. The molecule has 2 heterocycles. The molecule has 2 aliphatic heterocycles. The molecule has 0 N–H and O–H groups in total. The molecule has 2 aliphatic rings. The molecular formula is C42H27BN2. The molecule has 0 fully saturated rings. The molecule has 0 aliphatic carbocycles. The Hall–Kier alpha value is -5.80. The van der Waals surface area contributed by atoms with E-state index in [0.29, 0.717) is 0 Å². The van der Waals surface area contributed by atoms with Crippen molar-refractivity contribution in [1.29, 1.82) is 0 Å². The zero-order valence-corrected chi connectivity index (χ0v) is 24.6. The predicted octanol–water partition coefficient (Wildman–Crippen LogP) is 9.23. The highest BCUT2D eigenvalue weighted by Crippen LogP contribution is 2.47. The number of fused-ring (bicyclic) bond motifs is 8. The number of hydrogen-bond acceptors (Lipinski definition) is 2. The van der Waals surface area contributed by atoms with Crippen LogP contribution in [0.3, 0.4) is 0 Å². The second-order valence-electron chi connectivity index (χ2n) is 12.1. The van der Waals surface area contributed by atoms with E-state index in [4.69, 9.17) is 0 Å². The van der Waals surface area contributed by atoms with E-state index in [-0.39, 0.29) is 6.71 Å². The zero-order chi connectivity index (χ0) is 29.5. The number of nitrogens with zero attached hydrogens (tertiary/aromatic N) is 2. The Morgan fingerprint density at radius 2 is 0.933 bits per heavy atom. The average Bonchev–Trinajstić information content (AvgIpc) is 3.11. The van der Waals surface area contributed by atoms with Crippen LogP contribution in [-0.4, -0.2) is 6.71 Å². The van der Waals surface area contributed by atoms with E-state index in [2.05, 4.69) is 174 Å². The summed E-state index contributed by atoms with van der Waals surface area (Å²) in [6, 6.07) is 60.3. The van der Waals surface area contributed by atoms with Crippen LogP contribution in [0.25, 0.3) is 32.3 Å². The van der Waals surface area contributed by atoms with Gasteiger partial charge >= 0.3 is 0 Å². The van der Waals surface area contributed by atoms with Crippen molar-refractivity contribution in [2.24, 2.45) is 0 Å². The third kappa shape index (κ3) is 3.47. The lowest BCUT2D eigenvalue weighted by Gasteiger charge is -2.44. The summed E-state index contributed by atoms with van der Waals surface area (Å²) >= 11 is 0. The van der Waals surface area contributed by atoms with Crippen LogP contribution < -0.4 is 26.2 Å². The maximum atomic E-state index is 2.55. The van der Waals surface area contributed by atoms with Crippen molar-refractivity contribution in [3.8, 4) is 0 Å². The zero-order valence-electron chi connectivity index (χ0n) is 24.6. The molecule has 2 nitrogen and oxygen atoms in total. The molecule has 0 unspecified atom stereocenters. The van der Waals surface area contributed by atoms with Crippen LogP contribution in [-0.2, 0) is 0 Å². The normalized spacial score (nSPS) is 13.2. The Balaban J connectivity index is 1.37. The van der Waals surface area contributed by atoms with Gasteiger partial charge in [0.1, 0.15) is 0 Å². The van der Waals surface area contributed by atoms with Gasteiger partial charge < -0.3 is 9.80 Å². The van der Waals surface area contributed by atoms with Gasteiger partial charge in [-0.2, -0.15) is 0 Å². The summed E-state index contributed by atoms with van der Waals surface area (Å²) in [6.45, 7) is 0.0848. The van der Waals surface area contributed by atoms with Crippen LogP contribution in [0, 0.1) is 0 Å². The summed E-state index contributed by atoms with van der Waals surface area (Å²) in [5, 5.41) is 7.53. The second-order valence-corrected chi connectivity index (χ2v) is 12.1. The molecule has 10 rings (SSSR count). The highest BCUT2D eigenvalue weighted by atomic mass is 15.2. The van der Waals surface area contributed by atoms with Gasteiger partial charge in [-0.05, 0) is 74.3 Å². The minimum absolute atomic E-state index is 0.0848. The lowest BCUT2D eigenvalue weighted by molar-refractivity contribution is 1.27. The maximum Gasteiger partial charge on any atom is 0.252 e. The molecule has 0 saturated heterocycles. The number of rotatable bonds is 2. The van der Waals surface area contributed by atoms with E-state index in [1.165, 1.54) is 82.8 Å². The summed E-state index contributed by atoms with van der Waals surface area (Å²) in [5.41, 5.74) is 11.4. The van der Waals surface area contributed by atoms with E-state index >= 15 is 0 Å². The van der Waals surface area contributed by atoms with Crippen molar-refractivity contribution >= 4 is 89.5 Å². The standard InChI is InChI=1S/C42H27BN2/c1-2-17-32(18-3-1)44-38-22-11-23-39-41(38)43(36-26-30-14-4-5-15-31(30)27-40(36)44)35-25-24-29-13-7-9-20-34(29)42(35)45(39)37-21-10-16-28-12-6-8-19-33(28)37/h1-27H. The smallest absolute Gasteiger partial charge is 0.252 e. The Morgan fingerprint density at radius 3 is 1.73 bits per heavy atom. The lowest BCUT2D eigenvalue weighted by atomic mass is 9.33. The van der Waals surface area contributed by atoms with Gasteiger partial charge in [0.25, 0.3) is 6.71 Å². The largest absolute Gasteiger partial charge is 0.311 e. The molecule has 0 bridgehead atoms. The number of hydrogen-bond donors (Lipinski definition) is 0. The third-order valence-corrected chi connectivity index (χ3v) is 9.77. The van der Waals surface area contributed by atoms with Gasteiger partial charge in [-0.25, -0.2) is 0 Å². The van der Waals surface area contributed by atoms with Crippen molar-refractivity contribution in [1.82, 2.24) is 0 Å². The Bertz CT molecular complexity index is 2460. The molecule has 0 atom stereocenters. The minimum Gasteiger partial charge on any atom is -0.311 e. The van der Waals surface area contributed by atoms with Crippen LogP contribution >= 0.6 is 0 Å². The minimum atomic E-state index is 0.0848. The third-order valence-electron chi connectivity index (χ3n) is 9.77. The van der Waals surface area contributed by atoms with Crippen LogP contribution in [0.1, 0.15) is 0 Å². The van der Waals surface area contributed by atoms with Gasteiger partial charge in [0, 0.05) is 39.2 Å². The summed E-state index contributed by atoms with van der Waals surface area (Å²) in [4.78, 5) is 5.02. The van der Waals surface area contributed by atoms with Gasteiger partial charge in [0.2, 0.25) is 0 Å². The van der Waals surface area contributed by atoms with Crippen molar-refractivity contribution in [3.63, 3.8) is 0 Å². The van der Waals surface area contributed by atoms with Gasteiger partial charge in [-0.1, -0.05) is 127 Å². The van der Waals surface area contributed by atoms with E-state index in [9.17, 15) is 0 Å². The Morgan fingerprint density at radius 1 is 0.356 bits per heavy atom. The first kappa shape index (κ1) is 24.6. The first-order valence-corrected chi connectivity index (χ1v) is 15.7. The molecule has 0 spiro atoms. The molecule has 0 amide bonds. The van der Waals surface area contributed by atoms with Crippen molar-refractivity contribution in [3.05, 3.63) is 164 Å². The van der Waals surface area contributed by atoms with Crippen molar-refractivity contribution in [2.45, 2.75) is 0 Å². The summed E-state index contributed by atoms with van der Waals surface area (Å²) in [5.74, 6) is 0. The monoisotopic (exact) mass is 570 g/mol. The average molecular weight is 571 g/mol. The molecule has 0 aromatic heterocycles. The van der Waals surface area contributed by atoms with Crippen molar-refractivity contribution in [2.75, 3.05) is 9.80 Å². The predicted molar refractivity (Wildman–Crippen MR) is 193 cm³/mol. The summed E-state index contributed by atoms with van der Waals surface area (Å²) in [6.07, 6.45) is 0. The molecule has 208 valence electrons. The highest BCUT2D eigenvalue weighted by molar-refractivity contribution is 7.00. The fourth-order valence-corrected chi connectivity index (χ4v) is 7.89. The summed E-state index contributed by atoms with van der Waals surface area (Å²) in [7, 11) is 0. The van der Waals surface area contributed by atoms with Crippen molar-refractivity contribution < 1.29 is 0 Å². The van der Waals surface area contributed by atoms with E-state index in [1.807, 2.05) is 0 Å². The van der Waals surface area contributed by atoms with E-state index in [1.54, 1.807) is 0 Å². The quantitative estimate of drug-likeness (QED) is 0.191. The number of anilines is 6. The Kier molecular flexibility index (Phi) is 5.12. The maximum absolute atomic E-state index is 2.55. The fourth-order valence-electron chi connectivity index (χ4n) is 7.89. The van der Waals surface area contributed by atoms with Crippen LogP contribution in [0.15, 0.2) is 164 Å². The van der Waals surface area contributed by atoms with Gasteiger partial charge in [-0.3, -0.25) is 0 Å². The molecule has 45 heavy (non-hydrogen) atoms. The first-order chi connectivity index (χ1) is 22.3. The molecule has 8 aromatic carbocycles. The number of para-hydroxylation sites is 1. The molecule has 3 heteroatoms. The second kappa shape index (κ2) is 9.35. The van der Waals surface area contributed by atoms with Crippen LogP contribution in [0.4, 0.5) is 34.1 Å². The molecule has 8 aromatic rings. The number of benzene rings is 8. The van der Waals surface area contributed by atoms with Crippen LogP contribution in [0.2, 0.25) is 0 Å². The highest BCUT2D eigenvalue weighted by Gasteiger charge is 2.43. The topological polar surface area (TPSA) is 6.48 Å². The first-order valence-electron chi connectivity index (χ1n) is 15.7. The summed E-state index contributed by atoms with van der Waals surface area (Å²) < 4.78 is 0. The van der Waals surface area contributed by atoms with Gasteiger partial charge in [0.05, 0.1) is 5.69 Å². The SMILES string of the molecule is c1ccc(N2c3cc4ccccc4cc3B3c4ccc5ccccc5c4N(c4cccc5ccccc45)c4cccc2c43)cc1. The van der Waals surface area contributed by atoms with Crippen LogP contribution in [0.5, 0.6) is 0 Å². The fraction of sp³-hybridized carbons (Fsp3) is 0. The van der Waals surface area contributed by atoms with Gasteiger partial charge in [-0.15, -0.1) is 0 Å².